The van der Waals surface area contributed by atoms with Crippen LogP contribution >= 0.6 is 0 Å². The number of carbonyl (C=O) groups excluding carboxylic acids is 3. The molecule has 0 aliphatic carbocycles. The third kappa shape index (κ3) is 13.0. The topological polar surface area (TPSA) is 128 Å². The molecular weight excluding hydrogens is 490 g/mol. The minimum atomic E-state index is -1.08. The van der Waals surface area contributed by atoms with Gasteiger partial charge in [0.05, 0.1) is 5.92 Å². The second-order valence-electron chi connectivity index (χ2n) is 10.7. The SMILES string of the molecule is CCC(C)C(=O)OC(C)CN[C@@H](Cc1ccc(OC(=O)CCC(C)C)c(OC(=O)CCC(C)C)c1)C(=O)O. The molecule has 2 unspecified atom stereocenters. The van der Waals surface area contributed by atoms with E-state index in [4.69, 9.17) is 14.2 Å². The van der Waals surface area contributed by atoms with Crippen molar-refractivity contribution in [3.8, 4) is 11.5 Å². The number of aliphatic carboxylic acids is 1. The number of ether oxygens (including phenoxy) is 3. The molecule has 1 aromatic carbocycles. The Labute approximate surface area is 226 Å². The maximum absolute atomic E-state index is 12.4. The molecule has 0 radical (unpaired) electrons. The predicted octanol–water partition coefficient (Wildman–Crippen LogP) is 4.93. The Morgan fingerprint density at radius 3 is 1.92 bits per heavy atom. The fourth-order valence-electron chi connectivity index (χ4n) is 3.32. The lowest BCUT2D eigenvalue weighted by Crippen LogP contribution is -2.43. The normalized spacial score (nSPS) is 13.6. The Hall–Kier alpha value is -2.94. The standard InChI is InChI=1S/C29H45NO8/c1-8-20(6)29(35)36-21(7)17-30-23(28(33)34)15-22-11-12-24(37-26(31)13-9-18(2)3)25(16-22)38-27(32)14-10-19(4)5/h11-12,16,18-21,23,30H,8-10,13-15,17H2,1-7H3,(H,33,34)/t20?,21?,23-/m0/s1. The molecule has 38 heavy (non-hydrogen) atoms. The van der Waals surface area contributed by atoms with Crippen LogP contribution in [0.2, 0.25) is 0 Å². The first-order valence-electron chi connectivity index (χ1n) is 13.5. The van der Waals surface area contributed by atoms with Gasteiger partial charge in [-0.1, -0.05) is 47.6 Å². The molecule has 9 heteroatoms. The molecule has 9 nitrogen and oxygen atoms in total. The Bertz CT molecular complexity index is 927. The molecule has 0 heterocycles. The van der Waals surface area contributed by atoms with Gasteiger partial charge >= 0.3 is 23.9 Å². The molecule has 1 rings (SSSR count). The molecule has 214 valence electrons. The summed E-state index contributed by atoms with van der Waals surface area (Å²) in [5.41, 5.74) is 0.572. The molecule has 0 spiro atoms. The number of carbonyl (C=O) groups is 4. The minimum Gasteiger partial charge on any atom is -0.480 e. The summed E-state index contributed by atoms with van der Waals surface area (Å²) in [5.74, 6) is -1.68. The molecule has 0 aliphatic heterocycles. The first-order valence-corrected chi connectivity index (χ1v) is 13.5. The molecule has 3 atom stereocenters. The van der Waals surface area contributed by atoms with E-state index in [1.54, 1.807) is 19.9 Å². The van der Waals surface area contributed by atoms with Crippen molar-refractivity contribution in [2.75, 3.05) is 6.54 Å². The zero-order valence-corrected chi connectivity index (χ0v) is 23.9. The van der Waals surface area contributed by atoms with E-state index in [2.05, 4.69) is 5.32 Å². The van der Waals surface area contributed by atoms with E-state index < -0.39 is 30.1 Å². The zero-order chi connectivity index (χ0) is 28.8. The summed E-state index contributed by atoms with van der Waals surface area (Å²) in [6.45, 7) is 13.5. The molecule has 0 fully saturated rings. The van der Waals surface area contributed by atoms with Gasteiger partial charge < -0.3 is 24.6 Å². The Balaban J connectivity index is 3.00. The molecule has 0 aromatic heterocycles. The number of esters is 3. The van der Waals surface area contributed by atoms with Gasteiger partial charge in [-0.15, -0.1) is 0 Å². The maximum atomic E-state index is 12.4. The average Bonchev–Trinajstić information content (AvgIpc) is 2.84. The van der Waals surface area contributed by atoms with Gasteiger partial charge in [-0.05, 0) is 62.1 Å². The molecule has 0 bridgehead atoms. The maximum Gasteiger partial charge on any atom is 0.321 e. The second kappa shape index (κ2) is 16.8. The van der Waals surface area contributed by atoms with Crippen molar-refractivity contribution >= 4 is 23.9 Å². The van der Waals surface area contributed by atoms with E-state index >= 15 is 0 Å². The molecular formula is C29H45NO8. The highest BCUT2D eigenvalue weighted by Crippen LogP contribution is 2.30. The molecule has 0 aliphatic rings. The Kier molecular flexibility index (Phi) is 14.6. The van der Waals surface area contributed by atoms with Gasteiger partial charge in [-0.2, -0.15) is 0 Å². The van der Waals surface area contributed by atoms with Gasteiger partial charge in [0.1, 0.15) is 12.1 Å². The smallest absolute Gasteiger partial charge is 0.321 e. The van der Waals surface area contributed by atoms with Gasteiger partial charge in [0.2, 0.25) is 0 Å². The summed E-state index contributed by atoms with van der Waals surface area (Å²) in [4.78, 5) is 48.7. The van der Waals surface area contributed by atoms with Crippen LogP contribution in [0.5, 0.6) is 11.5 Å². The van der Waals surface area contributed by atoms with Gasteiger partial charge in [-0.3, -0.25) is 19.2 Å². The molecule has 1 aromatic rings. The number of rotatable bonds is 17. The van der Waals surface area contributed by atoms with E-state index in [0.29, 0.717) is 36.7 Å². The quantitative estimate of drug-likeness (QED) is 0.211. The summed E-state index contributed by atoms with van der Waals surface area (Å²) in [6.07, 6.45) is 1.96. The molecule has 0 saturated heterocycles. The number of hydrogen-bond acceptors (Lipinski definition) is 8. The highest BCUT2D eigenvalue weighted by molar-refractivity contribution is 5.77. The number of hydrogen-bond donors (Lipinski definition) is 2. The van der Waals surface area contributed by atoms with E-state index in [1.807, 2.05) is 34.6 Å². The number of nitrogens with one attached hydrogen (secondary N) is 1. The lowest BCUT2D eigenvalue weighted by molar-refractivity contribution is -0.152. The third-order valence-corrected chi connectivity index (χ3v) is 6.03. The van der Waals surface area contributed by atoms with Gasteiger partial charge in [-0.25, -0.2) is 0 Å². The van der Waals surface area contributed by atoms with Gasteiger partial charge in [0, 0.05) is 19.4 Å². The molecule has 0 saturated carbocycles. The largest absolute Gasteiger partial charge is 0.480 e. The minimum absolute atomic E-state index is 0.0689. The van der Waals surface area contributed by atoms with Crippen LogP contribution in [0.3, 0.4) is 0 Å². The van der Waals surface area contributed by atoms with E-state index in [-0.39, 0.29) is 49.2 Å². The highest BCUT2D eigenvalue weighted by Gasteiger charge is 2.22. The summed E-state index contributed by atoms with van der Waals surface area (Å²) in [7, 11) is 0. The number of carboxylic acid groups (broad SMARTS) is 1. The monoisotopic (exact) mass is 535 g/mol. The van der Waals surface area contributed by atoms with Crippen LogP contribution in [0.25, 0.3) is 0 Å². The lowest BCUT2D eigenvalue weighted by atomic mass is 10.0. The van der Waals surface area contributed by atoms with Crippen molar-refractivity contribution in [1.29, 1.82) is 0 Å². The first-order chi connectivity index (χ1) is 17.8. The van der Waals surface area contributed by atoms with Crippen LogP contribution in [0.15, 0.2) is 18.2 Å². The third-order valence-electron chi connectivity index (χ3n) is 6.03. The predicted molar refractivity (Wildman–Crippen MR) is 144 cm³/mol. The summed E-state index contributed by atoms with van der Waals surface area (Å²) in [5, 5.41) is 12.7. The lowest BCUT2D eigenvalue weighted by Gasteiger charge is -2.20. The Morgan fingerprint density at radius 2 is 1.42 bits per heavy atom. The summed E-state index contributed by atoms with van der Waals surface area (Å²) < 4.78 is 16.4. The van der Waals surface area contributed by atoms with Crippen LogP contribution in [0.1, 0.15) is 86.1 Å². The zero-order valence-electron chi connectivity index (χ0n) is 23.9. The first kappa shape index (κ1) is 33.1. The average molecular weight is 536 g/mol. The van der Waals surface area contributed by atoms with Crippen molar-refractivity contribution in [2.24, 2.45) is 17.8 Å². The van der Waals surface area contributed by atoms with Crippen molar-refractivity contribution < 1.29 is 38.5 Å². The van der Waals surface area contributed by atoms with Gasteiger partial charge in [0.25, 0.3) is 0 Å². The van der Waals surface area contributed by atoms with Crippen LogP contribution in [-0.2, 0) is 30.3 Å². The van der Waals surface area contributed by atoms with Crippen molar-refractivity contribution in [2.45, 2.75) is 99.1 Å². The van der Waals surface area contributed by atoms with Crippen LogP contribution < -0.4 is 14.8 Å². The van der Waals surface area contributed by atoms with E-state index in [0.717, 1.165) is 0 Å². The second-order valence-corrected chi connectivity index (χ2v) is 10.7. The Morgan fingerprint density at radius 1 is 0.868 bits per heavy atom. The highest BCUT2D eigenvalue weighted by atomic mass is 16.6. The number of carboxylic acids is 1. The van der Waals surface area contributed by atoms with Crippen molar-refractivity contribution in [3.05, 3.63) is 23.8 Å². The van der Waals surface area contributed by atoms with Crippen molar-refractivity contribution in [1.82, 2.24) is 5.32 Å². The van der Waals surface area contributed by atoms with Crippen LogP contribution in [0.4, 0.5) is 0 Å². The van der Waals surface area contributed by atoms with Crippen molar-refractivity contribution in [3.63, 3.8) is 0 Å². The van der Waals surface area contributed by atoms with Gasteiger partial charge in [0.15, 0.2) is 11.5 Å². The fraction of sp³-hybridized carbons (Fsp3) is 0.655. The van der Waals surface area contributed by atoms with E-state index in [1.165, 1.54) is 12.1 Å². The molecule has 2 N–H and O–H groups in total. The fourth-order valence-corrected chi connectivity index (χ4v) is 3.32. The van der Waals surface area contributed by atoms with Crippen LogP contribution in [0, 0.1) is 17.8 Å². The summed E-state index contributed by atoms with van der Waals surface area (Å²) in [6, 6.07) is 3.70. The van der Waals surface area contributed by atoms with Crippen LogP contribution in [-0.4, -0.2) is 47.7 Å². The number of benzene rings is 1. The molecule has 0 amide bonds. The van der Waals surface area contributed by atoms with E-state index in [9.17, 15) is 24.3 Å². The summed E-state index contributed by atoms with van der Waals surface area (Å²) >= 11 is 0.